The molecule has 0 aliphatic carbocycles. The van der Waals surface area contributed by atoms with Gasteiger partial charge in [0.15, 0.2) is 0 Å². The van der Waals surface area contributed by atoms with E-state index in [0.717, 1.165) is 22.9 Å². The third-order valence-electron chi connectivity index (χ3n) is 5.22. The molecule has 0 unspecified atom stereocenters. The Balaban J connectivity index is 1.72. The van der Waals surface area contributed by atoms with Crippen molar-refractivity contribution in [2.24, 2.45) is 0 Å². The molecule has 7 heteroatoms. The molecule has 0 heterocycles. The number of anilines is 1. The third-order valence-corrected chi connectivity index (χ3v) is 5.22. The molecule has 0 aliphatic heterocycles. The van der Waals surface area contributed by atoms with E-state index in [4.69, 9.17) is 0 Å². The molecule has 3 aromatic rings. The molecule has 0 aliphatic rings. The molecule has 2 amide bonds. The standard InChI is InChI=1S/C25H29N3O4/c1-3-13-26-25(32)22-11-7-18-16-20(30)10-12-21(18)23(22)28(2)15-4-14-27-24(31)17-5-8-19(29)9-6-17/h5-12,16,29-30H,3-4,13-15H2,1-2H3,(H,26,32)(H,27,31). The van der Waals surface area contributed by atoms with Crippen LogP contribution >= 0.6 is 0 Å². The number of fused-ring (bicyclic) bond motifs is 1. The van der Waals surface area contributed by atoms with Crippen LogP contribution in [-0.2, 0) is 0 Å². The summed E-state index contributed by atoms with van der Waals surface area (Å²) >= 11 is 0. The van der Waals surface area contributed by atoms with Crippen LogP contribution in [0.1, 0.15) is 40.5 Å². The second kappa shape index (κ2) is 10.5. The summed E-state index contributed by atoms with van der Waals surface area (Å²) < 4.78 is 0. The summed E-state index contributed by atoms with van der Waals surface area (Å²) in [7, 11) is 1.92. The number of aromatic hydroxyl groups is 2. The summed E-state index contributed by atoms with van der Waals surface area (Å²) in [5.41, 5.74) is 1.85. The monoisotopic (exact) mass is 435 g/mol. The SMILES string of the molecule is CCCNC(=O)c1ccc2cc(O)ccc2c1N(C)CCCNC(=O)c1ccc(O)cc1. The molecule has 0 saturated heterocycles. The molecule has 0 atom stereocenters. The van der Waals surface area contributed by atoms with Crippen molar-refractivity contribution in [3.8, 4) is 11.5 Å². The Labute approximate surface area is 187 Å². The number of carbonyl (C=O) groups excluding carboxylic acids is 2. The number of benzene rings is 3. The Hall–Kier alpha value is -3.74. The lowest BCUT2D eigenvalue weighted by molar-refractivity contribution is 0.0946. The van der Waals surface area contributed by atoms with Crippen LogP contribution < -0.4 is 15.5 Å². The average molecular weight is 436 g/mol. The maximum atomic E-state index is 12.8. The maximum absolute atomic E-state index is 12.8. The van der Waals surface area contributed by atoms with Crippen molar-refractivity contribution in [1.82, 2.24) is 10.6 Å². The number of amides is 2. The van der Waals surface area contributed by atoms with E-state index in [0.29, 0.717) is 37.2 Å². The van der Waals surface area contributed by atoms with Gasteiger partial charge in [0.25, 0.3) is 11.8 Å². The Kier molecular flexibility index (Phi) is 7.54. The fourth-order valence-corrected chi connectivity index (χ4v) is 3.57. The molecular formula is C25H29N3O4. The summed E-state index contributed by atoms with van der Waals surface area (Å²) in [6.07, 6.45) is 1.52. The fourth-order valence-electron chi connectivity index (χ4n) is 3.57. The van der Waals surface area contributed by atoms with Gasteiger partial charge in [0.2, 0.25) is 0 Å². The van der Waals surface area contributed by atoms with E-state index in [1.165, 1.54) is 12.1 Å². The Morgan fingerprint density at radius 1 is 0.875 bits per heavy atom. The van der Waals surface area contributed by atoms with Gasteiger partial charge in [-0.25, -0.2) is 0 Å². The first-order valence-corrected chi connectivity index (χ1v) is 10.7. The molecule has 32 heavy (non-hydrogen) atoms. The van der Waals surface area contributed by atoms with Gasteiger partial charge >= 0.3 is 0 Å². The van der Waals surface area contributed by atoms with Crippen molar-refractivity contribution in [3.63, 3.8) is 0 Å². The van der Waals surface area contributed by atoms with Crippen molar-refractivity contribution < 1.29 is 19.8 Å². The van der Waals surface area contributed by atoms with Gasteiger partial charge < -0.3 is 25.7 Å². The van der Waals surface area contributed by atoms with Crippen LogP contribution in [0.2, 0.25) is 0 Å². The molecule has 0 radical (unpaired) electrons. The third kappa shape index (κ3) is 5.49. The number of nitrogens with one attached hydrogen (secondary N) is 2. The van der Waals surface area contributed by atoms with Crippen molar-refractivity contribution in [3.05, 3.63) is 65.7 Å². The van der Waals surface area contributed by atoms with Crippen molar-refractivity contribution in [2.45, 2.75) is 19.8 Å². The fraction of sp³-hybridized carbons (Fsp3) is 0.280. The normalized spacial score (nSPS) is 10.7. The summed E-state index contributed by atoms with van der Waals surface area (Å²) in [6.45, 7) is 3.68. The molecule has 4 N–H and O–H groups in total. The first kappa shape index (κ1) is 22.9. The first-order valence-electron chi connectivity index (χ1n) is 10.7. The summed E-state index contributed by atoms with van der Waals surface area (Å²) in [5, 5.41) is 26.7. The predicted octanol–water partition coefficient (Wildman–Crippen LogP) is 3.65. The van der Waals surface area contributed by atoms with Crippen LogP contribution in [0, 0.1) is 0 Å². The van der Waals surface area contributed by atoms with Crippen LogP contribution in [-0.4, -0.2) is 48.7 Å². The highest BCUT2D eigenvalue weighted by molar-refractivity contribution is 6.09. The summed E-state index contributed by atoms with van der Waals surface area (Å²) in [5.74, 6) is -0.0474. The van der Waals surface area contributed by atoms with Gasteiger partial charge in [0.05, 0.1) is 11.3 Å². The van der Waals surface area contributed by atoms with Crippen molar-refractivity contribution in [2.75, 3.05) is 31.6 Å². The van der Waals surface area contributed by atoms with Gasteiger partial charge in [-0.3, -0.25) is 9.59 Å². The van der Waals surface area contributed by atoms with E-state index >= 15 is 0 Å². The van der Waals surface area contributed by atoms with Gasteiger partial charge in [0.1, 0.15) is 11.5 Å². The molecule has 0 spiro atoms. The first-order chi connectivity index (χ1) is 15.4. The van der Waals surface area contributed by atoms with Crippen LogP contribution in [0.5, 0.6) is 11.5 Å². The average Bonchev–Trinajstić information content (AvgIpc) is 2.79. The van der Waals surface area contributed by atoms with Gasteiger partial charge in [0, 0.05) is 37.6 Å². The largest absolute Gasteiger partial charge is 0.508 e. The van der Waals surface area contributed by atoms with E-state index in [-0.39, 0.29) is 23.3 Å². The Bertz CT molecular complexity index is 1100. The van der Waals surface area contributed by atoms with Crippen molar-refractivity contribution >= 4 is 28.3 Å². The Morgan fingerprint density at radius 2 is 1.56 bits per heavy atom. The zero-order chi connectivity index (χ0) is 23.1. The van der Waals surface area contributed by atoms with Crippen LogP contribution in [0.4, 0.5) is 5.69 Å². The number of phenolic OH excluding ortho intramolecular Hbond substituents is 2. The number of hydrogen-bond donors (Lipinski definition) is 4. The van der Waals surface area contributed by atoms with Gasteiger partial charge in [-0.15, -0.1) is 0 Å². The van der Waals surface area contributed by atoms with Gasteiger partial charge in [-0.05, 0) is 66.8 Å². The second-order valence-corrected chi connectivity index (χ2v) is 7.70. The molecule has 0 bridgehead atoms. The minimum atomic E-state index is -0.201. The molecule has 3 rings (SSSR count). The molecule has 168 valence electrons. The summed E-state index contributed by atoms with van der Waals surface area (Å²) in [4.78, 5) is 27.0. The van der Waals surface area contributed by atoms with E-state index in [2.05, 4.69) is 10.6 Å². The number of hydrogen-bond acceptors (Lipinski definition) is 5. The molecule has 0 fully saturated rings. The summed E-state index contributed by atoms with van der Waals surface area (Å²) in [6, 6.07) is 14.8. The van der Waals surface area contributed by atoms with Crippen molar-refractivity contribution in [1.29, 1.82) is 0 Å². The molecule has 3 aromatic carbocycles. The number of phenols is 2. The number of rotatable bonds is 9. The zero-order valence-corrected chi connectivity index (χ0v) is 18.4. The molecule has 7 nitrogen and oxygen atoms in total. The van der Waals surface area contributed by atoms with E-state index in [1.54, 1.807) is 30.3 Å². The van der Waals surface area contributed by atoms with E-state index in [9.17, 15) is 19.8 Å². The lowest BCUT2D eigenvalue weighted by atomic mass is 10.0. The molecular weight excluding hydrogens is 406 g/mol. The zero-order valence-electron chi connectivity index (χ0n) is 18.4. The highest BCUT2D eigenvalue weighted by atomic mass is 16.3. The Morgan fingerprint density at radius 3 is 2.28 bits per heavy atom. The highest BCUT2D eigenvalue weighted by Crippen LogP contribution is 2.32. The molecule has 0 saturated carbocycles. The molecule has 0 aromatic heterocycles. The predicted molar refractivity (Wildman–Crippen MR) is 127 cm³/mol. The van der Waals surface area contributed by atoms with Crippen LogP contribution in [0.15, 0.2) is 54.6 Å². The van der Waals surface area contributed by atoms with Crippen LogP contribution in [0.3, 0.4) is 0 Å². The minimum absolute atomic E-state index is 0.116. The smallest absolute Gasteiger partial charge is 0.253 e. The highest BCUT2D eigenvalue weighted by Gasteiger charge is 2.18. The lowest BCUT2D eigenvalue weighted by Crippen LogP contribution is -2.30. The van der Waals surface area contributed by atoms with Gasteiger partial charge in [-0.2, -0.15) is 0 Å². The van der Waals surface area contributed by atoms with E-state index < -0.39 is 0 Å². The van der Waals surface area contributed by atoms with Gasteiger partial charge in [-0.1, -0.05) is 13.0 Å². The van der Waals surface area contributed by atoms with E-state index in [1.807, 2.05) is 31.0 Å². The quantitative estimate of drug-likeness (QED) is 0.384. The van der Waals surface area contributed by atoms with Crippen LogP contribution in [0.25, 0.3) is 10.8 Å². The lowest BCUT2D eigenvalue weighted by Gasteiger charge is -2.24. The number of nitrogens with zero attached hydrogens (tertiary/aromatic N) is 1. The topological polar surface area (TPSA) is 102 Å². The second-order valence-electron chi connectivity index (χ2n) is 7.70. The number of carbonyl (C=O) groups is 2. The minimum Gasteiger partial charge on any atom is -0.508 e. The maximum Gasteiger partial charge on any atom is 0.253 e.